The number of likely N-dealkylation sites (tertiary alicyclic amines) is 1. The van der Waals surface area contributed by atoms with Crippen molar-refractivity contribution in [3.63, 3.8) is 0 Å². The second-order valence-corrected chi connectivity index (χ2v) is 11.5. The fourth-order valence-corrected chi connectivity index (χ4v) is 5.76. The normalized spacial score (nSPS) is 19.3. The molecule has 9 nitrogen and oxygen atoms in total. The van der Waals surface area contributed by atoms with Crippen molar-refractivity contribution in [2.75, 3.05) is 43.4 Å². The van der Waals surface area contributed by atoms with E-state index in [1.807, 2.05) is 21.7 Å². The van der Waals surface area contributed by atoms with Crippen LogP contribution in [0.4, 0.5) is 11.5 Å². The number of aromatic nitrogens is 3. The number of hydrogen-bond donors (Lipinski definition) is 1. The van der Waals surface area contributed by atoms with Gasteiger partial charge in [0.25, 0.3) is 5.91 Å². The fraction of sp³-hybridized carbons (Fsp3) is 0.480. The van der Waals surface area contributed by atoms with Gasteiger partial charge in [-0.3, -0.25) is 9.52 Å². The number of carbonyl (C=O) groups is 1. The van der Waals surface area contributed by atoms with Crippen molar-refractivity contribution in [2.45, 2.75) is 45.1 Å². The number of nitrogens with zero attached hydrogens (tertiary/aromatic N) is 6. The van der Waals surface area contributed by atoms with E-state index in [2.05, 4.69) is 16.5 Å². The molecule has 0 radical (unpaired) electrons. The second kappa shape index (κ2) is 10.4. The van der Waals surface area contributed by atoms with Crippen LogP contribution < -0.4 is 9.62 Å². The Morgan fingerprint density at radius 2 is 1.89 bits per heavy atom. The number of benzene rings is 1. The minimum atomic E-state index is -1.48. The third kappa shape index (κ3) is 4.94. The Balaban J connectivity index is 1.47. The molecule has 4 heterocycles. The zero-order chi connectivity index (χ0) is 25.4. The average Bonchev–Trinajstić information content (AvgIpc) is 3.54. The monoisotopic (exact) mass is 529 g/mol. The van der Waals surface area contributed by atoms with Gasteiger partial charge in [-0.25, -0.2) is 18.0 Å². The molecule has 0 aliphatic carbocycles. The van der Waals surface area contributed by atoms with E-state index >= 15 is 0 Å². The number of aryl methyl sites for hydroxylation is 1. The molecule has 1 aromatic carbocycles. The predicted molar refractivity (Wildman–Crippen MR) is 144 cm³/mol. The Morgan fingerprint density at radius 3 is 2.64 bits per heavy atom. The van der Waals surface area contributed by atoms with E-state index in [0.29, 0.717) is 22.8 Å². The van der Waals surface area contributed by atoms with Crippen molar-refractivity contribution >= 4 is 45.8 Å². The maximum Gasteiger partial charge on any atom is 0.256 e. The number of piperidine rings is 1. The van der Waals surface area contributed by atoms with Gasteiger partial charge in [0.2, 0.25) is 0 Å². The topological polar surface area (TPSA) is 86.1 Å². The zero-order valence-corrected chi connectivity index (χ0v) is 22.5. The van der Waals surface area contributed by atoms with Crippen LogP contribution in [0.3, 0.4) is 0 Å². The molecule has 36 heavy (non-hydrogen) atoms. The summed E-state index contributed by atoms with van der Waals surface area (Å²) < 4.78 is 18.7. The SMILES string of the molecule is Cc1cn2nc(C3CCCCN3C(=O)c3cc(Cl)ccc3NS(=O)N(C)C)cc2nc1N1CCCC1. The van der Waals surface area contributed by atoms with E-state index in [9.17, 15) is 9.00 Å². The molecular formula is C25H32ClN7O2S. The maximum absolute atomic E-state index is 13.9. The number of hydrogen-bond acceptors (Lipinski definition) is 5. The van der Waals surface area contributed by atoms with Crippen LogP contribution in [0.25, 0.3) is 5.65 Å². The molecule has 3 aromatic rings. The van der Waals surface area contributed by atoms with Gasteiger partial charge in [0, 0.05) is 56.6 Å². The molecule has 2 aliphatic rings. The van der Waals surface area contributed by atoms with Crippen LogP contribution in [0.5, 0.6) is 0 Å². The lowest BCUT2D eigenvalue weighted by Gasteiger charge is -2.35. The van der Waals surface area contributed by atoms with Crippen molar-refractivity contribution in [3.8, 4) is 0 Å². The van der Waals surface area contributed by atoms with Crippen molar-refractivity contribution in [3.05, 3.63) is 52.3 Å². The molecule has 11 heteroatoms. The molecule has 1 amide bonds. The molecule has 0 spiro atoms. The molecule has 2 aliphatic heterocycles. The van der Waals surface area contributed by atoms with Gasteiger partial charge in [0.05, 0.1) is 23.0 Å². The number of halogens is 1. The number of anilines is 2. The minimum Gasteiger partial charge on any atom is -0.356 e. The maximum atomic E-state index is 13.9. The summed E-state index contributed by atoms with van der Waals surface area (Å²) in [6.45, 7) is 4.75. The first-order valence-electron chi connectivity index (χ1n) is 12.4. The van der Waals surface area contributed by atoms with Gasteiger partial charge in [-0.15, -0.1) is 0 Å². The zero-order valence-electron chi connectivity index (χ0n) is 20.9. The predicted octanol–water partition coefficient (Wildman–Crippen LogP) is 4.21. The summed E-state index contributed by atoms with van der Waals surface area (Å²) in [6, 6.07) is 6.87. The highest BCUT2D eigenvalue weighted by Gasteiger charge is 2.32. The first-order valence-corrected chi connectivity index (χ1v) is 13.9. The lowest BCUT2D eigenvalue weighted by molar-refractivity contribution is 0.0607. The molecule has 1 N–H and O–H groups in total. The molecule has 2 aromatic heterocycles. The summed E-state index contributed by atoms with van der Waals surface area (Å²) in [5.41, 5.74) is 3.62. The summed E-state index contributed by atoms with van der Waals surface area (Å²) in [5, 5.41) is 5.30. The van der Waals surface area contributed by atoms with Crippen LogP contribution in [0.2, 0.25) is 5.02 Å². The van der Waals surface area contributed by atoms with Crippen LogP contribution in [-0.4, -0.2) is 67.6 Å². The van der Waals surface area contributed by atoms with Gasteiger partial charge in [0.15, 0.2) is 16.8 Å². The van der Waals surface area contributed by atoms with Crippen LogP contribution in [0.1, 0.15) is 59.8 Å². The Bertz CT molecular complexity index is 1310. The van der Waals surface area contributed by atoms with Gasteiger partial charge in [-0.05, 0) is 57.2 Å². The van der Waals surface area contributed by atoms with E-state index in [4.69, 9.17) is 21.7 Å². The summed E-state index contributed by atoms with van der Waals surface area (Å²) in [6.07, 6.45) is 7.17. The van der Waals surface area contributed by atoms with Gasteiger partial charge in [0.1, 0.15) is 5.82 Å². The van der Waals surface area contributed by atoms with Crippen molar-refractivity contribution in [1.29, 1.82) is 0 Å². The molecular weight excluding hydrogens is 498 g/mol. The molecule has 0 saturated carbocycles. The molecule has 2 saturated heterocycles. The van der Waals surface area contributed by atoms with Gasteiger partial charge in [-0.2, -0.15) is 5.10 Å². The standard InChI is InChI=1S/C25H32ClN7O2S/c1-17-16-33-23(27-24(17)31-11-6-7-12-31)15-21(28-33)22-8-4-5-13-32(22)25(34)19-14-18(26)9-10-20(19)29-36(35)30(2)3/h9-10,14-16,22,29H,4-8,11-13H2,1-3H3. The van der Waals surface area contributed by atoms with Gasteiger partial charge < -0.3 is 9.80 Å². The van der Waals surface area contributed by atoms with E-state index in [1.165, 1.54) is 17.1 Å². The Labute approximate surface area is 219 Å². The van der Waals surface area contributed by atoms with Crippen LogP contribution >= 0.6 is 11.6 Å². The quantitative estimate of drug-likeness (QED) is 0.517. The number of amides is 1. The summed E-state index contributed by atoms with van der Waals surface area (Å²) in [4.78, 5) is 23.0. The summed E-state index contributed by atoms with van der Waals surface area (Å²) in [7, 11) is 3.41. The third-order valence-electron chi connectivity index (χ3n) is 6.88. The number of fused-ring (bicyclic) bond motifs is 1. The van der Waals surface area contributed by atoms with Crippen LogP contribution in [0.15, 0.2) is 30.5 Å². The van der Waals surface area contributed by atoms with Crippen LogP contribution in [-0.2, 0) is 11.2 Å². The van der Waals surface area contributed by atoms with Crippen molar-refractivity contribution < 1.29 is 9.00 Å². The number of rotatable bonds is 6. The third-order valence-corrected chi connectivity index (χ3v) is 8.17. The lowest BCUT2D eigenvalue weighted by atomic mass is 9.98. The number of carbonyl (C=O) groups excluding carboxylic acids is 1. The van der Waals surface area contributed by atoms with Gasteiger partial charge >= 0.3 is 0 Å². The Morgan fingerprint density at radius 1 is 1.14 bits per heavy atom. The molecule has 0 bridgehead atoms. The highest BCUT2D eigenvalue weighted by Crippen LogP contribution is 2.34. The van der Waals surface area contributed by atoms with Crippen molar-refractivity contribution in [1.82, 2.24) is 23.8 Å². The largest absolute Gasteiger partial charge is 0.356 e. The van der Waals surface area contributed by atoms with E-state index in [-0.39, 0.29) is 11.9 Å². The summed E-state index contributed by atoms with van der Waals surface area (Å²) >= 11 is 4.80. The Kier molecular flexibility index (Phi) is 7.18. The van der Waals surface area contributed by atoms with Gasteiger partial charge in [-0.1, -0.05) is 11.6 Å². The first kappa shape index (κ1) is 25.0. The van der Waals surface area contributed by atoms with Crippen LogP contribution in [0, 0.1) is 6.92 Å². The molecule has 2 atom stereocenters. The van der Waals surface area contributed by atoms with E-state index < -0.39 is 11.2 Å². The Hall–Kier alpha value is -2.69. The first-order chi connectivity index (χ1) is 17.3. The molecule has 5 rings (SSSR count). The lowest BCUT2D eigenvalue weighted by Crippen LogP contribution is -2.39. The molecule has 192 valence electrons. The van der Waals surface area contributed by atoms with E-state index in [0.717, 1.165) is 55.1 Å². The highest BCUT2D eigenvalue weighted by atomic mass is 35.5. The molecule has 2 unspecified atom stereocenters. The van der Waals surface area contributed by atoms with Crippen molar-refractivity contribution in [2.24, 2.45) is 0 Å². The smallest absolute Gasteiger partial charge is 0.256 e. The fourth-order valence-electron chi connectivity index (χ4n) is 5.04. The van der Waals surface area contributed by atoms with E-state index in [1.54, 1.807) is 32.3 Å². The molecule has 2 fully saturated rings. The summed E-state index contributed by atoms with van der Waals surface area (Å²) in [5.74, 6) is 0.867. The second-order valence-electron chi connectivity index (χ2n) is 9.68. The minimum absolute atomic E-state index is 0.153. The highest BCUT2D eigenvalue weighted by molar-refractivity contribution is 7.84. The average molecular weight is 530 g/mol. The number of nitrogens with one attached hydrogen (secondary N) is 1.